The van der Waals surface area contributed by atoms with Crippen LogP contribution in [-0.2, 0) is 46.7 Å². The molecule has 19 heteroatoms. The quantitative estimate of drug-likeness (QED) is 0.0504. The van der Waals surface area contributed by atoms with Crippen molar-refractivity contribution in [3.63, 3.8) is 0 Å². The van der Waals surface area contributed by atoms with Gasteiger partial charge in [-0.15, -0.1) is 0 Å². The highest BCUT2D eigenvalue weighted by Crippen LogP contribution is 2.55. The van der Waals surface area contributed by atoms with Gasteiger partial charge in [0.2, 0.25) is 10.9 Å². The van der Waals surface area contributed by atoms with E-state index in [-0.39, 0.29) is 109 Å². The second-order valence-electron chi connectivity index (χ2n) is 19.6. The summed E-state index contributed by atoms with van der Waals surface area (Å²) in [4.78, 5) is 108. The molecule has 2 spiro atoms. The monoisotopic (exact) mass is 1060 g/mol. The Hall–Kier alpha value is -8.48. The second kappa shape index (κ2) is 21.6. The molecule has 4 atom stereocenters. The molecule has 2 amide bonds. The number of aldehydes is 1. The fourth-order valence-corrected chi connectivity index (χ4v) is 10.4. The van der Waals surface area contributed by atoms with Crippen molar-refractivity contribution in [2.45, 2.75) is 76.7 Å². The van der Waals surface area contributed by atoms with E-state index in [0.29, 0.717) is 19.5 Å². The number of aryl methyl sites for hydroxylation is 2. The maximum atomic E-state index is 14.1. The van der Waals surface area contributed by atoms with Crippen LogP contribution >= 0.6 is 0 Å². The predicted octanol–water partition coefficient (Wildman–Crippen LogP) is 7.71. The zero-order valence-electron chi connectivity index (χ0n) is 41.9. The molecular formula is C58H52F4N4O11. The molecule has 2 aromatic heterocycles. The lowest BCUT2D eigenvalue weighted by Gasteiger charge is -2.37. The van der Waals surface area contributed by atoms with Gasteiger partial charge in [0.15, 0.2) is 34.5 Å². The third-order valence-corrected chi connectivity index (χ3v) is 14.9. The Morgan fingerprint density at radius 2 is 1.05 bits per heavy atom. The summed E-state index contributed by atoms with van der Waals surface area (Å²) in [5.74, 6) is -7.97. The molecule has 0 radical (unpaired) electrons. The van der Waals surface area contributed by atoms with Crippen LogP contribution in [-0.4, -0.2) is 85.9 Å². The molecule has 0 unspecified atom stereocenters. The zero-order chi connectivity index (χ0) is 54.9. The van der Waals surface area contributed by atoms with E-state index in [2.05, 4.69) is 0 Å². The number of likely N-dealkylation sites (N-methyl/N-ethyl adjacent to an activating group) is 2. The lowest BCUT2D eigenvalue weighted by Crippen LogP contribution is -2.50. The van der Waals surface area contributed by atoms with E-state index in [1.165, 1.54) is 34.0 Å². The van der Waals surface area contributed by atoms with Crippen LogP contribution in [0, 0.1) is 35.1 Å². The first-order chi connectivity index (χ1) is 36.9. The molecule has 4 aromatic carbocycles. The van der Waals surface area contributed by atoms with Gasteiger partial charge in [-0.25, -0.2) is 17.6 Å². The van der Waals surface area contributed by atoms with Crippen LogP contribution in [0.2, 0.25) is 0 Å². The minimum absolute atomic E-state index is 0.00890. The summed E-state index contributed by atoms with van der Waals surface area (Å²) in [5, 5.41) is 9.79. The van der Waals surface area contributed by atoms with Crippen molar-refractivity contribution < 1.29 is 60.9 Å². The summed E-state index contributed by atoms with van der Waals surface area (Å²) in [6.45, 7) is 4.56. The number of rotatable bonds is 18. The van der Waals surface area contributed by atoms with Crippen LogP contribution in [0.15, 0.2) is 119 Å². The SMILES string of the molecule is CCN1C[C@@]2(C[C@@H]2C(=O)O)n2cc(C(=O)CCc3ccc(F)cc3F)c(=O)c(OCc3ccccc3)c2C1=O.CCN1C[C@@]2(C[C@@H]2C=O)n2cc(C(=O)CCc3ccc(F)cc3F)c(=O)c(OCc3ccccc3)c2C1=O. The summed E-state index contributed by atoms with van der Waals surface area (Å²) >= 11 is 0. The Morgan fingerprint density at radius 1 is 0.623 bits per heavy atom. The molecule has 2 aliphatic carbocycles. The van der Waals surface area contributed by atoms with Crippen LogP contribution in [0.4, 0.5) is 17.6 Å². The number of carboxylic acids is 1. The molecular weight excluding hydrogens is 1000 g/mol. The molecule has 77 heavy (non-hydrogen) atoms. The lowest BCUT2D eigenvalue weighted by atomic mass is 9.99. The summed E-state index contributed by atoms with van der Waals surface area (Å²) in [5.41, 5.74) is -2.13. The van der Waals surface area contributed by atoms with Crippen LogP contribution in [0.3, 0.4) is 0 Å². The van der Waals surface area contributed by atoms with E-state index >= 15 is 0 Å². The van der Waals surface area contributed by atoms with Gasteiger partial charge >= 0.3 is 5.97 Å². The van der Waals surface area contributed by atoms with Gasteiger partial charge in [0.05, 0.1) is 28.1 Å². The first-order valence-electron chi connectivity index (χ1n) is 25.1. The highest BCUT2D eigenvalue weighted by Gasteiger charge is 2.64. The van der Waals surface area contributed by atoms with Crippen LogP contribution in [0.25, 0.3) is 0 Å². The number of aromatic nitrogens is 2. The third-order valence-electron chi connectivity index (χ3n) is 14.9. The smallest absolute Gasteiger partial charge is 0.309 e. The fourth-order valence-electron chi connectivity index (χ4n) is 10.4. The molecule has 0 bridgehead atoms. The number of carboxylic acid groups (broad SMARTS) is 1. The third kappa shape index (κ3) is 10.3. The molecule has 15 nitrogen and oxygen atoms in total. The van der Waals surface area contributed by atoms with Crippen LogP contribution in [0.1, 0.15) is 103 Å². The lowest BCUT2D eigenvalue weighted by molar-refractivity contribution is -0.139. The van der Waals surface area contributed by atoms with Crippen LogP contribution < -0.4 is 20.3 Å². The topological polar surface area (TPSA) is 192 Å². The number of halogens is 4. The number of hydrogen-bond donors (Lipinski definition) is 1. The molecule has 4 aliphatic rings. The summed E-state index contributed by atoms with van der Waals surface area (Å²) in [6, 6.07) is 24.2. The average Bonchev–Trinajstić information content (AvgIpc) is 4.48. The molecule has 1 N–H and O–H groups in total. The standard InChI is InChI=1S/C29H26F2N2O6.C29H26F2N2O5/c1-2-32-16-29(13-21(29)28(37)38)33-14-20(23(34)11-9-18-8-10-19(30)12-22(18)31)25(35)26(24(33)27(32)36)39-15-17-6-4-3-5-7-17;1-2-32-17-29(13-20(29)15-34)33-14-22(24(35)11-9-19-8-10-21(30)12-23(19)31)26(36)27(25(33)28(32)37)38-16-18-6-4-3-5-7-18/h3-8,10,12,14,21H,2,9,11,13,15-16H2,1H3,(H,37,38);3-8,10,12,14-15,20H,2,9,11,13,16-17H2,1H3/t21-,29-;20-,29-/m11/s1. The number of amides is 2. The largest absolute Gasteiger partial charge is 0.483 e. The number of carbonyl (C=O) groups is 6. The molecule has 398 valence electrons. The van der Waals surface area contributed by atoms with Crippen molar-refractivity contribution in [2.75, 3.05) is 26.2 Å². The predicted molar refractivity (Wildman–Crippen MR) is 270 cm³/mol. The number of Topliss-reactive ketones (excluding diaryl/α,β-unsaturated/α-hetero) is 2. The zero-order valence-corrected chi connectivity index (χ0v) is 41.9. The molecule has 0 saturated heterocycles. The highest BCUT2D eigenvalue weighted by atomic mass is 19.1. The maximum Gasteiger partial charge on any atom is 0.309 e. The van der Waals surface area contributed by atoms with E-state index in [1.807, 2.05) is 31.2 Å². The Bertz CT molecular complexity index is 3480. The van der Waals surface area contributed by atoms with Gasteiger partial charge in [-0.3, -0.25) is 33.6 Å². The number of aliphatic carboxylic acids is 1. The second-order valence-corrected chi connectivity index (χ2v) is 19.6. The molecule has 10 rings (SSSR count). The Labute approximate surface area is 438 Å². The number of fused-ring (bicyclic) bond motifs is 4. The minimum Gasteiger partial charge on any atom is -0.483 e. The normalized spacial score (nSPS) is 19.7. The Balaban J connectivity index is 0.000000188. The molecule has 2 fully saturated rings. The first-order valence-corrected chi connectivity index (χ1v) is 25.1. The van der Waals surface area contributed by atoms with Crippen molar-refractivity contribution >= 4 is 35.6 Å². The number of benzene rings is 4. The number of ether oxygens (including phenoxy) is 2. The summed E-state index contributed by atoms with van der Waals surface area (Å²) < 4.78 is 69.7. The van der Waals surface area contributed by atoms with Gasteiger partial charge in [-0.1, -0.05) is 72.8 Å². The fraction of sp³-hybridized carbons (Fsp3) is 0.310. The highest BCUT2D eigenvalue weighted by molar-refractivity contribution is 6.02. The summed E-state index contributed by atoms with van der Waals surface area (Å²) in [6.07, 6.45) is 3.50. The van der Waals surface area contributed by atoms with Crippen molar-refractivity contribution in [1.82, 2.24) is 18.9 Å². The van der Waals surface area contributed by atoms with E-state index in [0.717, 1.165) is 41.7 Å². The minimum atomic E-state index is -1.04. The number of nitrogens with zero attached hydrogens (tertiary/aromatic N) is 4. The van der Waals surface area contributed by atoms with Crippen LogP contribution in [0.5, 0.6) is 11.5 Å². The van der Waals surface area contributed by atoms with Crippen molar-refractivity contribution in [2.24, 2.45) is 11.8 Å². The molecule has 6 aromatic rings. The van der Waals surface area contributed by atoms with Gasteiger partial charge in [-0.2, -0.15) is 0 Å². The number of hydrogen-bond acceptors (Lipinski definition) is 10. The Morgan fingerprint density at radius 3 is 1.43 bits per heavy atom. The van der Waals surface area contributed by atoms with Gasteiger partial charge in [0.1, 0.15) is 42.8 Å². The molecule has 4 heterocycles. The average molecular weight is 1060 g/mol. The molecule has 2 saturated carbocycles. The van der Waals surface area contributed by atoms with Gasteiger partial charge in [-0.05, 0) is 73.9 Å². The van der Waals surface area contributed by atoms with E-state index < -0.39 is 80.5 Å². The van der Waals surface area contributed by atoms with Gasteiger partial charge in [0, 0.05) is 69.5 Å². The number of carbonyl (C=O) groups excluding carboxylic acids is 5. The van der Waals surface area contributed by atoms with Crippen molar-refractivity contribution in [3.8, 4) is 11.5 Å². The molecule has 2 aliphatic heterocycles. The number of ketones is 2. The van der Waals surface area contributed by atoms with Gasteiger partial charge < -0.3 is 38.3 Å². The van der Waals surface area contributed by atoms with E-state index in [4.69, 9.17) is 9.47 Å². The van der Waals surface area contributed by atoms with E-state index in [9.17, 15) is 61.0 Å². The van der Waals surface area contributed by atoms with Gasteiger partial charge in [0.25, 0.3) is 11.8 Å². The summed E-state index contributed by atoms with van der Waals surface area (Å²) in [7, 11) is 0. The number of pyridine rings is 2. The van der Waals surface area contributed by atoms with E-state index in [1.54, 1.807) is 52.8 Å². The maximum absolute atomic E-state index is 14.1. The Kier molecular flexibility index (Phi) is 15.0. The van der Waals surface area contributed by atoms with Crippen molar-refractivity contribution in [3.05, 3.63) is 198 Å². The van der Waals surface area contributed by atoms with Crippen molar-refractivity contribution in [1.29, 1.82) is 0 Å². The first kappa shape index (κ1) is 53.3.